The van der Waals surface area contributed by atoms with Crippen LogP contribution in [0.3, 0.4) is 0 Å². The highest BCUT2D eigenvalue weighted by molar-refractivity contribution is 4.49. The van der Waals surface area contributed by atoms with E-state index in [1.807, 2.05) is 21.1 Å². The lowest BCUT2D eigenvalue weighted by molar-refractivity contribution is -0.870. The van der Waals surface area contributed by atoms with Gasteiger partial charge in [0.15, 0.2) is 0 Å². The van der Waals surface area contributed by atoms with Crippen molar-refractivity contribution in [1.29, 1.82) is 0 Å². The van der Waals surface area contributed by atoms with Crippen molar-refractivity contribution >= 4 is 0 Å². The van der Waals surface area contributed by atoms with Crippen molar-refractivity contribution in [2.24, 2.45) is 0 Å². The van der Waals surface area contributed by atoms with Gasteiger partial charge in [-0.05, 0) is 0 Å². The summed E-state index contributed by atoms with van der Waals surface area (Å²) in [6, 6.07) is 0. The fraction of sp³-hybridized carbons (Fsp3) is 1.00. The molecule has 0 aromatic carbocycles. The zero-order valence-corrected chi connectivity index (χ0v) is 7.20. The van der Waals surface area contributed by atoms with Gasteiger partial charge in [-0.15, -0.1) is 0 Å². The van der Waals surface area contributed by atoms with Crippen LogP contribution in [0.15, 0.2) is 0 Å². The zero-order chi connectivity index (χ0) is 9.12. The molecule has 0 amide bonds. The van der Waals surface area contributed by atoms with Crippen molar-refractivity contribution in [2.45, 2.75) is 19.0 Å². The van der Waals surface area contributed by atoms with Gasteiger partial charge in [0.2, 0.25) is 0 Å². The molecule has 0 aliphatic rings. The highest BCUT2D eigenvalue weighted by Gasteiger charge is 2.27. The molecule has 0 radical (unpaired) electrons. The Morgan fingerprint density at radius 3 is 1.82 bits per heavy atom. The van der Waals surface area contributed by atoms with Crippen molar-refractivity contribution < 1.29 is 17.7 Å². The molecular weight excluding hydrogens is 155 g/mol. The molecule has 68 valence electrons. The fourth-order valence-corrected chi connectivity index (χ4v) is 0.754. The van der Waals surface area contributed by atoms with E-state index in [9.17, 15) is 13.2 Å². The van der Waals surface area contributed by atoms with Gasteiger partial charge in [0.25, 0.3) is 0 Å². The molecule has 0 saturated heterocycles. The number of alkyl halides is 3. The van der Waals surface area contributed by atoms with Gasteiger partial charge in [-0.25, -0.2) is 0 Å². The molecule has 0 aromatic rings. The Morgan fingerprint density at radius 1 is 1.09 bits per heavy atom. The maximum absolute atomic E-state index is 11.6. The quantitative estimate of drug-likeness (QED) is 0.568. The molecule has 0 aliphatic carbocycles. The molecule has 0 N–H and O–H groups in total. The molecule has 0 spiro atoms. The molecule has 0 fully saturated rings. The lowest BCUT2D eigenvalue weighted by Crippen LogP contribution is -2.35. The van der Waals surface area contributed by atoms with Gasteiger partial charge >= 0.3 is 6.18 Å². The Bertz CT molecular complexity index is 97.8. The number of halogens is 3. The second kappa shape index (κ2) is 3.43. The normalized spacial score (nSPS) is 13.6. The second-order valence-electron chi connectivity index (χ2n) is 3.73. The largest absolute Gasteiger partial charge is 0.389 e. The third kappa shape index (κ3) is 9.75. The van der Waals surface area contributed by atoms with Gasteiger partial charge in [0, 0.05) is 12.8 Å². The standard InChI is InChI=1S/C7H15F3N/c1-11(2,3)6-4-5-7(8,9)10/h4-6H2,1-3H3/q+1. The fourth-order valence-electron chi connectivity index (χ4n) is 0.754. The molecule has 0 heterocycles. The first kappa shape index (κ1) is 10.8. The van der Waals surface area contributed by atoms with E-state index in [1.54, 1.807) is 0 Å². The first-order valence-electron chi connectivity index (χ1n) is 3.58. The summed E-state index contributed by atoms with van der Waals surface area (Å²) in [4.78, 5) is 0. The molecule has 4 heteroatoms. The Hall–Kier alpha value is -0.250. The van der Waals surface area contributed by atoms with Crippen LogP contribution in [0.4, 0.5) is 13.2 Å². The molecule has 11 heavy (non-hydrogen) atoms. The van der Waals surface area contributed by atoms with Crippen LogP contribution in [0.5, 0.6) is 0 Å². The summed E-state index contributed by atoms with van der Waals surface area (Å²) >= 11 is 0. The Labute approximate surface area is 65.4 Å². The molecule has 0 saturated carbocycles. The average molecular weight is 170 g/mol. The van der Waals surface area contributed by atoms with Crippen LogP contribution in [-0.4, -0.2) is 38.3 Å². The van der Waals surface area contributed by atoms with Crippen LogP contribution in [-0.2, 0) is 0 Å². The van der Waals surface area contributed by atoms with E-state index < -0.39 is 12.6 Å². The van der Waals surface area contributed by atoms with Crippen LogP contribution in [0, 0.1) is 0 Å². The monoisotopic (exact) mass is 170 g/mol. The molecule has 0 aliphatic heterocycles. The SMILES string of the molecule is C[N+](C)(C)CCCC(F)(F)F. The molecular formula is C7H15F3N+. The van der Waals surface area contributed by atoms with Crippen LogP contribution in [0.1, 0.15) is 12.8 Å². The summed E-state index contributed by atoms with van der Waals surface area (Å²) in [6.45, 7) is 0.569. The predicted octanol–water partition coefficient (Wildman–Crippen LogP) is 2.04. The summed E-state index contributed by atoms with van der Waals surface area (Å²) in [5.74, 6) is 0. The van der Waals surface area contributed by atoms with E-state index in [2.05, 4.69) is 0 Å². The van der Waals surface area contributed by atoms with Crippen molar-refractivity contribution in [3.63, 3.8) is 0 Å². The minimum absolute atomic E-state index is 0.215. The van der Waals surface area contributed by atoms with E-state index in [0.29, 0.717) is 11.0 Å². The first-order chi connectivity index (χ1) is 4.71. The Morgan fingerprint density at radius 2 is 1.55 bits per heavy atom. The van der Waals surface area contributed by atoms with Crippen LogP contribution < -0.4 is 0 Å². The molecule has 0 bridgehead atoms. The molecule has 1 nitrogen and oxygen atoms in total. The average Bonchev–Trinajstić information content (AvgIpc) is 1.55. The van der Waals surface area contributed by atoms with Crippen molar-refractivity contribution in [1.82, 2.24) is 0 Å². The smallest absolute Gasteiger partial charge is 0.331 e. The van der Waals surface area contributed by atoms with Crippen molar-refractivity contribution in [3.05, 3.63) is 0 Å². The summed E-state index contributed by atoms with van der Waals surface area (Å²) in [6.07, 6.45) is -4.44. The molecule has 0 aromatic heterocycles. The van der Waals surface area contributed by atoms with Crippen LogP contribution >= 0.6 is 0 Å². The van der Waals surface area contributed by atoms with Gasteiger partial charge < -0.3 is 4.48 Å². The highest BCUT2D eigenvalue weighted by atomic mass is 19.4. The van der Waals surface area contributed by atoms with E-state index >= 15 is 0 Å². The van der Waals surface area contributed by atoms with Gasteiger partial charge in [0.1, 0.15) is 0 Å². The first-order valence-corrected chi connectivity index (χ1v) is 3.58. The van der Waals surface area contributed by atoms with Gasteiger partial charge in [-0.3, -0.25) is 0 Å². The lowest BCUT2D eigenvalue weighted by atomic mass is 10.3. The minimum Gasteiger partial charge on any atom is -0.331 e. The summed E-state index contributed by atoms with van der Waals surface area (Å²) in [5.41, 5.74) is 0. The number of rotatable bonds is 3. The third-order valence-corrected chi connectivity index (χ3v) is 1.29. The second-order valence-corrected chi connectivity index (χ2v) is 3.73. The molecule has 0 unspecified atom stereocenters. The van der Waals surface area contributed by atoms with E-state index in [0.717, 1.165) is 0 Å². The number of hydrogen-bond donors (Lipinski definition) is 0. The van der Waals surface area contributed by atoms with Gasteiger partial charge in [0.05, 0.1) is 27.7 Å². The number of nitrogens with zero attached hydrogens (tertiary/aromatic N) is 1. The van der Waals surface area contributed by atoms with Crippen LogP contribution in [0.2, 0.25) is 0 Å². The topological polar surface area (TPSA) is 0 Å². The van der Waals surface area contributed by atoms with Gasteiger partial charge in [-0.2, -0.15) is 13.2 Å². The molecule has 0 atom stereocenters. The Kier molecular flexibility index (Phi) is 3.35. The van der Waals surface area contributed by atoms with Gasteiger partial charge in [-0.1, -0.05) is 0 Å². The minimum atomic E-state index is -3.99. The highest BCUT2D eigenvalue weighted by Crippen LogP contribution is 2.21. The summed E-state index contributed by atoms with van der Waals surface area (Å²) < 4.78 is 35.5. The van der Waals surface area contributed by atoms with E-state index in [4.69, 9.17) is 0 Å². The van der Waals surface area contributed by atoms with Crippen molar-refractivity contribution in [3.8, 4) is 0 Å². The zero-order valence-electron chi connectivity index (χ0n) is 7.20. The van der Waals surface area contributed by atoms with Crippen LogP contribution in [0.25, 0.3) is 0 Å². The number of quaternary nitrogens is 1. The molecule has 0 rings (SSSR count). The third-order valence-electron chi connectivity index (χ3n) is 1.29. The predicted molar refractivity (Wildman–Crippen MR) is 38.2 cm³/mol. The number of hydrogen-bond acceptors (Lipinski definition) is 0. The Balaban J connectivity index is 3.44. The maximum Gasteiger partial charge on any atom is 0.389 e. The maximum atomic E-state index is 11.6. The van der Waals surface area contributed by atoms with E-state index in [1.165, 1.54) is 0 Å². The van der Waals surface area contributed by atoms with Crippen molar-refractivity contribution in [2.75, 3.05) is 27.7 Å². The summed E-state index contributed by atoms with van der Waals surface area (Å²) in [5, 5.41) is 0. The lowest BCUT2D eigenvalue weighted by Gasteiger charge is -2.23. The summed E-state index contributed by atoms with van der Waals surface area (Å²) in [7, 11) is 5.66. The van der Waals surface area contributed by atoms with E-state index in [-0.39, 0.29) is 6.42 Å².